The first kappa shape index (κ1) is 14.4. The second kappa shape index (κ2) is 6.95. The van der Waals surface area contributed by atoms with Crippen molar-refractivity contribution in [2.75, 3.05) is 13.1 Å². The number of aliphatic hydroxyl groups excluding tert-OH is 1. The first-order valence-corrected chi connectivity index (χ1v) is 5.93. The minimum absolute atomic E-state index is 0.166. The molecule has 0 heterocycles. The van der Waals surface area contributed by atoms with Crippen LogP contribution in [-0.4, -0.2) is 47.2 Å². The van der Waals surface area contributed by atoms with Crippen molar-refractivity contribution in [2.45, 2.75) is 31.8 Å². The molecule has 4 N–H and O–H groups in total. The molecular formula is C11H18N2O5. The highest BCUT2D eigenvalue weighted by Gasteiger charge is 2.25. The Morgan fingerprint density at radius 1 is 1.00 bits per heavy atom. The van der Waals surface area contributed by atoms with Gasteiger partial charge in [-0.2, -0.15) is 0 Å². The van der Waals surface area contributed by atoms with Gasteiger partial charge in [0.1, 0.15) is 6.54 Å². The average Bonchev–Trinajstić information content (AvgIpc) is 2.34. The monoisotopic (exact) mass is 258 g/mol. The van der Waals surface area contributed by atoms with E-state index in [4.69, 9.17) is 5.11 Å². The summed E-state index contributed by atoms with van der Waals surface area (Å²) in [5, 5.41) is 22.3. The number of aliphatic carboxylic acids is 1. The lowest BCUT2D eigenvalue weighted by atomic mass is 9.87. The van der Waals surface area contributed by atoms with Gasteiger partial charge in [0.2, 0.25) is 11.8 Å². The lowest BCUT2D eigenvalue weighted by molar-refractivity contribution is -0.137. The molecule has 0 aliphatic heterocycles. The van der Waals surface area contributed by atoms with Crippen molar-refractivity contribution >= 4 is 17.8 Å². The molecule has 1 rings (SSSR count). The maximum absolute atomic E-state index is 11.7. The van der Waals surface area contributed by atoms with Crippen LogP contribution in [0.5, 0.6) is 0 Å². The van der Waals surface area contributed by atoms with Crippen molar-refractivity contribution in [2.24, 2.45) is 5.92 Å². The average molecular weight is 258 g/mol. The van der Waals surface area contributed by atoms with Crippen LogP contribution in [0.25, 0.3) is 0 Å². The number of carboxylic acid groups (broad SMARTS) is 1. The summed E-state index contributed by atoms with van der Waals surface area (Å²) < 4.78 is 0. The van der Waals surface area contributed by atoms with Gasteiger partial charge in [0.15, 0.2) is 0 Å². The van der Waals surface area contributed by atoms with E-state index in [9.17, 15) is 19.5 Å². The van der Waals surface area contributed by atoms with Crippen molar-refractivity contribution < 1.29 is 24.6 Å². The maximum atomic E-state index is 11.7. The fraction of sp³-hybridized carbons (Fsp3) is 0.727. The van der Waals surface area contributed by atoms with Gasteiger partial charge in [-0.3, -0.25) is 14.4 Å². The van der Waals surface area contributed by atoms with Gasteiger partial charge >= 0.3 is 5.97 Å². The van der Waals surface area contributed by atoms with Crippen molar-refractivity contribution in [1.82, 2.24) is 10.6 Å². The number of carbonyl (C=O) groups is 3. The van der Waals surface area contributed by atoms with Crippen molar-refractivity contribution in [3.63, 3.8) is 0 Å². The molecule has 18 heavy (non-hydrogen) atoms. The zero-order chi connectivity index (χ0) is 13.5. The van der Waals surface area contributed by atoms with Gasteiger partial charge < -0.3 is 20.8 Å². The molecule has 0 radical (unpaired) electrons. The second-order valence-corrected chi connectivity index (χ2v) is 4.39. The van der Waals surface area contributed by atoms with E-state index in [2.05, 4.69) is 10.6 Å². The number of carboxylic acids is 1. The van der Waals surface area contributed by atoms with Crippen LogP contribution in [0.4, 0.5) is 0 Å². The smallest absolute Gasteiger partial charge is 0.322 e. The highest BCUT2D eigenvalue weighted by atomic mass is 16.4. The van der Waals surface area contributed by atoms with Gasteiger partial charge in [0, 0.05) is 5.92 Å². The Bertz CT molecular complexity index is 323. The SMILES string of the molecule is O=C(O)CNC(=O)CNC(=O)C1CCC(O)CC1. The Balaban J connectivity index is 2.20. The molecule has 0 aromatic rings. The fourth-order valence-corrected chi connectivity index (χ4v) is 1.89. The Kier molecular flexibility index (Phi) is 5.57. The fourth-order valence-electron chi connectivity index (χ4n) is 1.89. The quantitative estimate of drug-likeness (QED) is 0.497. The molecule has 1 fully saturated rings. The number of nitrogens with one attached hydrogen (secondary N) is 2. The molecule has 102 valence electrons. The van der Waals surface area contributed by atoms with E-state index in [1.165, 1.54) is 0 Å². The highest BCUT2D eigenvalue weighted by Crippen LogP contribution is 2.23. The van der Waals surface area contributed by atoms with E-state index in [0.717, 1.165) is 0 Å². The zero-order valence-electron chi connectivity index (χ0n) is 10.0. The van der Waals surface area contributed by atoms with Crippen LogP contribution in [0.3, 0.4) is 0 Å². The van der Waals surface area contributed by atoms with Gasteiger partial charge in [0.25, 0.3) is 0 Å². The number of aliphatic hydroxyl groups is 1. The lowest BCUT2D eigenvalue weighted by Crippen LogP contribution is -2.42. The molecule has 1 aliphatic carbocycles. The minimum atomic E-state index is -1.13. The summed E-state index contributed by atoms with van der Waals surface area (Å²) >= 11 is 0. The molecule has 0 spiro atoms. The van der Waals surface area contributed by atoms with E-state index in [1.54, 1.807) is 0 Å². The molecule has 1 saturated carbocycles. The highest BCUT2D eigenvalue weighted by molar-refractivity contribution is 5.87. The molecular weight excluding hydrogens is 240 g/mol. The van der Waals surface area contributed by atoms with Crippen LogP contribution in [0.1, 0.15) is 25.7 Å². The Morgan fingerprint density at radius 2 is 1.61 bits per heavy atom. The van der Waals surface area contributed by atoms with Crippen LogP contribution in [0.2, 0.25) is 0 Å². The number of hydrogen-bond acceptors (Lipinski definition) is 4. The van der Waals surface area contributed by atoms with E-state index < -0.39 is 18.4 Å². The molecule has 1 aliphatic rings. The Hall–Kier alpha value is -1.63. The standard InChI is InChI=1S/C11H18N2O5/c14-8-3-1-7(2-4-8)11(18)13-5-9(15)12-6-10(16)17/h7-8,14H,1-6H2,(H,12,15)(H,13,18)(H,16,17). The van der Waals surface area contributed by atoms with Crippen molar-refractivity contribution in [1.29, 1.82) is 0 Å². The maximum Gasteiger partial charge on any atom is 0.322 e. The summed E-state index contributed by atoms with van der Waals surface area (Å²) in [6.07, 6.45) is 2.10. The third-order valence-corrected chi connectivity index (χ3v) is 2.93. The third-order valence-electron chi connectivity index (χ3n) is 2.93. The molecule has 0 aromatic heterocycles. The largest absolute Gasteiger partial charge is 0.480 e. The molecule has 0 bridgehead atoms. The molecule has 7 nitrogen and oxygen atoms in total. The third kappa shape index (κ3) is 5.13. The second-order valence-electron chi connectivity index (χ2n) is 4.39. The molecule has 0 unspecified atom stereocenters. The Morgan fingerprint density at radius 3 is 2.17 bits per heavy atom. The van der Waals surface area contributed by atoms with Gasteiger partial charge in [-0.15, -0.1) is 0 Å². The number of hydrogen-bond donors (Lipinski definition) is 4. The van der Waals surface area contributed by atoms with E-state index in [-0.39, 0.29) is 24.5 Å². The molecule has 0 atom stereocenters. The van der Waals surface area contributed by atoms with Crippen LogP contribution >= 0.6 is 0 Å². The first-order chi connectivity index (χ1) is 8.49. The predicted octanol–water partition coefficient (Wildman–Crippen LogP) is -1.15. The van der Waals surface area contributed by atoms with Gasteiger partial charge in [0.05, 0.1) is 12.6 Å². The minimum Gasteiger partial charge on any atom is -0.480 e. The number of amides is 2. The van der Waals surface area contributed by atoms with Crippen molar-refractivity contribution in [3.05, 3.63) is 0 Å². The van der Waals surface area contributed by atoms with E-state index in [0.29, 0.717) is 25.7 Å². The summed E-state index contributed by atoms with van der Waals surface area (Å²) in [6.45, 7) is -0.671. The molecule has 2 amide bonds. The van der Waals surface area contributed by atoms with Crippen LogP contribution in [0.15, 0.2) is 0 Å². The summed E-state index contributed by atoms with van der Waals surface area (Å²) in [5.74, 6) is -2.04. The molecule has 0 aromatic carbocycles. The first-order valence-electron chi connectivity index (χ1n) is 5.93. The molecule has 7 heteroatoms. The lowest BCUT2D eigenvalue weighted by Gasteiger charge is -2.24. The topological polar surface area (TPSA) is 116 Å². The summed E-state index contributed by atoms with van der Waals surface area (Å²) in [4.78, 5) is 33.0. The Labute approximate surface area is 105 Å². The van der Waals surface area contributed by atoms with Crippen LogP contribution in [0, 0.1) is 5.92 Å². The van der Waals surface area contributed by atoms with Crippen LogP contribution in [-0.2, 0) is 14.4 Å². The van der Waals surface area contributed by atoms with Gasteiger partial charge in [-0.1, -0.05) is 0 Å². The summed E-state index contributed by atoms with van der Waals surface area (Å²) in [6, 6.07) is 0. The van der Waals surface area contributed by atoms with Gasteiger partial charge in [-0.25, -0.2) is 0 Å². The van der Waals surface area contributed by atoms with Gasteiger partial charge in [-0.05, 0) is 25.7 Å². The number of rotatable bonds is 5. The predicted molar refractivity (Wildman–Crippen MR) is 61.6 cm³/mol. The normalized spacial score (nSPS) is 23.2. The summed E-state index contributed by atoms with van der Waals surface area (Å²) in [7, 11) is 0. The van der Waals surface area contributed by atoms with Crippen molar-refractivity contribution in [3.8, 4) is 0 Å². The number of carbonyl (C=O) groups excluding carboxylic acids is 2. The van der Waals surface area contributed by atoms with Crippen LogP contribution < -0.4 is 10.6 Å². The zero-order valence-corrected chi connectivity index (χ0v) is 10.0. The summed E-state index contributed by atoms with van der Waals surface area (Å²) in [5.41, 5.74) is 0. The van der Waals surface area contributed by atoms with E-state index in [1.807, 2.05) is 0 Å². The van der Waals surface area contributed by atoms with E-state index >= 15 is 0 Å². The molecule has 0 saturated heterocycles.